The van der Waals surface area contributed by atoms with E-state index in [-0.39, 0.29) is 37.4 Å². The monoisotopic (exact) mass is 426 g/mol. The third-order valence-corrected chi connectivity index (χ3v) is 5.99. The zero-order chi connectivity index (χ0) is 21.3. The van der Waals surface area contributed by atoms with Crippen LogP contribution in [0.3, 0.4) is 0 Å². The lowest BCUT2D eigenvalue weighted by molar-refractivity contribution is -0.154. The van der Waals surface area contributed by atoms with Crippen molar-refractivity contribution in [3.05, 3.63) is 35.4 Å². The van der Waals surface area contributed by atoms with Gasteiger partial charge in [-0.3, -0.25) is 9.59 Å². The smallest absolute Gasteiger partial charge is 0.348 e. The van der Waals surface area contributed by atoms with Crippen molar-refractivity contribution in [3.63, 3.8) is 0 Å². The molecular weight excluding hydrogens is 401 g/mol. The molecule has 0 aliphatic carbocycles. The van der Waals surface area contributed by atoms with Gasteiger partial charge in [-0.05, 0) is 37.0 Å². The molecule has 30 heavy (non-hydrogen) atoms. The number of alkyl halides is 3. The predicted octanol–water partition coefficient (Wildman–Crippen LogP) is 2.81. The Hall–Kier alpha value is -2.13. The normalized spacial score (nSPS) is 25.9. The SMILES string of the molecule is O=C1CC(C(=O)N2CCCCC2C2OCCO2)CN1Cc1cccc(C(F)(F)F)c1. The van der Waals surface area contributed by atoms with Crippen molar-refractivity contribution >= 4 is 11.8 Å². The first-order chi connectivity index (χ1) is 14.3. The van der Waals surface area contributed by atoms with Crippen molar-refractivity contribution in [1.82, 2.24) is 9.80 Å². The number of amides is 2. The highest BCUT2D eigenvalue weighted by Crippen LogP contribution is 2.31. The van der Waals surface area contributed by atoms with E-state index in [1.54, 1.807) is 11.0 Å². The minimum atomic E-state index is -4.43. The fraction of sp³-hybridized carbons (Fsp3) is 0.619. The van der Waals surface area contributed by atoms with Crippen LogP contribution in [0.5, 0.6) is 0 Å². The first-order valence-electron chi connectivity index (χ1n) is 10.3. The molecular formula is C21H25F3N2O4. The number of rotatable bonds is 4. The van der Waals surface area contributed by atoms with E-state index in [0.717, 1.165) is 31.4 Å². The van der Waals surface area contributed by atoms with Crippen LogP contribution < -0.4 is 0 Å². The minimum Gasteiger partial charge on any atom is -0.348 e. The molecule has 3 heterocycles. The van der Waals surface area contributed by atoms with Crippen LogP contribution in [0.1, 0.15) is 36.8 Å². The van der Waals surface area contributed by atoms with Crippen LogP contribution in [-0.4, -0.2) is 60.2 Å². The van der Waals surface area contributed by atoms with Crippen LogP contribution in [0.25, 0.3) is 0 Å². The van der Waals surface area contributed by atoms with Gasteiger partial charge >= 0.3 is 6.18 Å². The van der Waals surface area contributed by atoms with Crippen molar-refractivity contribution in [2.24, 2.45) is 5.92 Å². The van der Waals surface area contributed by atoms with Crippen molar-refractivity contribution in [2.45, 2.75) is 50.7 Å². The molecule has 3 saturated heterocycles. The van der Waals surface area contributed by atoms with Crippen LogP contribution in [0.15, 0.2) is 24.3 Å². The van der Waals surface area contributed by atoms with E-state index >= 15 is 0 Å². The molecule has 0 N–H and O–H groups in total. The zero-order valence-electron chi connectivity index (χ0n) is 16.6. The van der Waals surface area contributed by atoms with E-state index in [2.05, 4.69) is 0 Å². The standard InChI is InChI=1S/C21H25F3N2O4/c22-21(23,24)16-5-3-4-14(10-16)12-25-13-15(11-18(25)27)19(28)26-7-2-1-6-17(26)20-29-8-9-30-20/h3-5,10,15,17,20H,1-2,6-9,11-13H2. The van der Waals surface area contributed by atoms with Crippen LogP contribution in [0.4, 0.5) is 13.2 Å². The van der Waals surface area contributed by atoms with E-state index in [9.17, 15) is 22.8 Å². The molecule has 0 aromatic heterocycles. The highest BCUT2D eigenvalue weighted by Gasteiger charge is 2.42. The van der Waals surface area contributed by atoms with E-state index in [0.29, 0.717) is 25.3 Å². The highest BCUT2D eigenvalue weighted by molar-refractivity contribution is 5.89. The average molecular weight is 426 g/mol. The number of halogens is 3. The quantitative estimate of drug-likeness (QED) is 0.743. The second-order valence-corrected chi connectivity index (χ2v) is 8.08. The Morgan fingerprint density at radius 2 is 1.93 bits per heavy atom. The van der Waals surface area contributed by atoms with Gasteiger partial charge in [0, 0.05) is 26.1 Å². The molecule has 2 atom stereocenters. The molecule has 3 aliphatic heterocycles. The van der Waals surface area contributed by atoms with Gasteiger partial charge in [-0.1, -0.05) is 12.1 Å². The molecule has 9 heteroatoms. The Bertz CT molecular complexity index is 795. The van der Waals surface area contributed by atoms with Crippen molar-refractivity contribution in [2.75, 3.05) is 26.3 Å². The molecule has 3 fully saturated rings. The summed E-state index contributed by atoms with van der Waals surface area (Å²) in [6, 6.07) is 4.80. The summed E-state index contributed by atoms with van der Waals surface area (Å²) in [6.45, 7) is 1.89. The number of likely N-dealkylation sites (tertiary alicyclic amines) is 2. The van der Waals surface area contributed by atoms with Gasteiger partial charge in [-0.25, -0.2) is 0 Å². The van der Waals surface area contributed by atoms with Crippen LogP contribution >= 0.6 is 0 Å². The highest BCUT2D eigenvalue weighted by atomic mass is 19.4. The third kappa shape index (κ3) is 4.46. The van der Waals surface area contributed by atoms with Gasteiger partial charge in [0.1, 0.15) is 0 Å². The van der Waals surface area contributed by atoms with Gasteiger partial charge in [-0.15, -0.1) is 0 Å². The number of benzene rings is 1. The summed E-state index contributed by atoms with van der Waals surface area (Å²) in [6.07, 6.45) is -2.10. The minimum absolute atomic E-state index is 0.0603. The molecule has 1 aromatic carbocycles. The molecule has 0 spiro atoms. The number of carbonyl (C=O) groups excluding carboxylic acids is 2. The number of hydrogen-bond acceptors (Lipinski definition) is 4. The van der Waals surface area contributed by atoms with Gasteiger partial charge in [0.15, 0.2) is 6.29 Å². The first-order valence-corrected chi connectivity index (χ1v) is 10.3. The number of carbonyl (C=O) groups is 2. The number of ether oxygens (including phenoxy) is 2. The van der Waals surface area contributed by atoms with E-state index in [4.69, 9.17) is 9.47 Å². The van der Waals surface area contributed by atoms with Gasteiger partial charge < -0.3 is 19.3 Å². The molecule has 3 aliphatic rings. The van der Waals surface area contributed by atoms with Crippen LogP contribution in [0, 0.1) is 5.92 Å². The molecule has 1 aromatic rings. The lowest BCUT2D eigenvalue weighted by Crippen LogP contribution is -2.52. The molecule has 4 rings (SSSR count). The van der Waals surface area contributed by atoms with Gasteiger partial charge in [0.25, 0.3) is 0 Å². The largest absolute Gasteiger partial charge is 0.416 e. The summed E-state index contributed by atoms with van der Waals surface area (Å²) < 4.78 is 50.1. The molecule has 2 unspecified atom stereocenters. The Labute approximate surface area is 172 Å². The fourth-order valence-electron chi connectivity index (χ4n) is 4.50. The maximum Gasteiger partial charge on any atom is 0.416 e. The molecule has 0 saturated carbocycles. The average Bonchev–Trinajstić information content (AvgIpc) is 3.38. The third-order valence-electron chi connectivity index (χ3n) is 5.99. The van der Waals surface area contributed by atoms with E-state index < -0.39 is 23.9 Å². The molecule has 2 amide bonds. The Morgan fingerprint density at radius 3 is 2.67 bits per heavy atom. The second kappa shape index (κ2) is 8.55. The van der Waals surface area contributed by atoms with Crippen LogP contribution in [0.2, 0.25) is 0 Å². The zero-order valence-corrected chi connectivity index (χ0v) is 16.6. The Kier molecular flexibility index (Phi) is 6.02. The van der Waals surface area contributed by atoms with Gasteiger partial charge in [0.2, 0.25) is 11.8 Å². The second-order valence-electron chi connectivity index (χ2n) is 8.08. The lowest BCUT2D eigenvalue weighted by Gasteiger charge is -2.39. The summed E-state index contributed by atoms with van der Waals surface area (Å²) in [5.41, 5.74) is -0.345. The molecule has 0 bridgehead atoms. The summed E-state index contributed by atoms with van der Waals surface area (Å²) in [5.74, 6) is -0.809. The maximum absolute atomic E-state index is 13.2. The Morgan fingerprint density at radius 1 is 1.17 bits per heavy atom. The predicted molar refractivity (Wildman–Crippen MR) is 100 cm³/mol. The molecule has 6 nitrogen and oxygen atoms in total. The van der Waals surface area contributed by atoms with Crippen molar-refractivity contribution < 1.29 is 32.2 Å². The van der Waals surface area contributed by atoms with Crippen molar-refractivity contribution in [1.29, 1.82) is 0 Å². The molecule has 164 valence electrons. The number of piperidine rings is 1. The van der Waals surface area contributed by atoms with Crippen molar-refractivity contribution in [3.8, 4) is 0 Å². The maximum atomic E-state index is 13.2. The summed E-state index contributed by atoms with van der Waals surface area (Å²) in [7, 11) is 0. The van der Waals surface area contributed by atoms with E-state index in [1.165, 1.54) is 11.0 Å². The Balaban J connectivity index is 1.42. The topological polar surface area (TPSA) is 59.1 Å². The first kappa shape index (κ1) is 21.1. The summed E-state index contributed by atoms with van der Waals surface area (Å²) >= 11 is 0. The molecule has 0 radical (unpaired) electrons. The van der Waals surface area contributed by atoms with E-state index in [1.807, 2.05) is 0 Å². The number of hydrogen-bond donors (Lipinski definition) is 0. The number of nitrogens with zero attached hydrogens (tertiary/aromatic N) is 2. The lowest BCUT2D eigenvalue weighted by atomic mass is 9.98. The summed E-state index contributed by atoms with van der Waals surface area (Å²) in [4.78, 5) is 28.9. The van der Waals surface area contributed by atoms with Gasteiger partial charge in [0.05, 0.1) is 30.7 Å². The fourth-order valence-corrected chi connectivity index (χ4v) is 4.50. The van der Waals surface area contributed by atoms with Gasteiger partial charge in [-0.2, -0.15) is 13.2 Å². The van der Waals surface area contributed by atoms with Crippen LogP contribution in [-0.2, 0) is 31.8 Å². The summed E-state index contributed by atoms with van der Waals surface area (Å²) in [5, 5.41) is 0.